The van der Waals surface area contributed by atoms with Crippen molar-refractivity contribution in [3.8, 4) is 5.75 Å². The second kappa shape index (κ2) is 7.98. The van der Waals surface area contributed by atoms with Crippen LogP contribution >= 0.6 is 0 Å². The van der Waals surface area contributed by atoms with E-state index in [0.29, 0.717) is 44.3 Å². The molecule has 0 N–H and O–H groups in total. The highest BCUT2D eigenvalue weighted by atomic mass is 32.2. The van der Waals surface area contributed by atoms with Gasteiger partial charge in [0.1, 0.15) is 5.75 Å². The van der Waals surface area contributed by atoms with Gasteiger partial charge >= 0.3 is 0 Å². The SMILES string of the molecule is COc1ccc(S(=O)(=O)N2CCN(C(=O)CCC(C)C)CC2)cc1. The van der Waals surface area contributed by atoms with Gasteiger partial charge in [-0.05, 0) is 36.6 Å². The molecule has 1 amide bonds. The summed E-state index contributed by atoms with van der Waals surface area (Å²) in [5.41, 5.74) is 0. The zero-order valence-corrected chi connectivity index (χ0v) is 15.4. The molecule has 0 bridgehead atoms. The first-order valence-electron chi connectivity index (χ1n) is 8.26. The molecule has 2 rings (SSSR count). The summed E-state index contributed by atoms with van der Waals surface area (Å²) >= 11 is 0. The largest absolute Gasteiger partial charge is 0.497 e. The van der Waals surface area contributed by atoms with Crippen molar-refractivity contribution in [2.75, 3.05) is 33.3 Å². The van der Waals surface area contributed by atoms with Crippen LogP contribution in [0.4, 0.5) is 0 Å². The normalized spacial score (nSPS) is 16.4. The molecule has 1 aromatic rings. The van der Waals surface area contributed by atoms with Crippen molar-refractivity contribution in [3.63, 3.8) is 0 Å². The maximum atomic E-state index is 12.7. The van der Waals surface area contributed by atoms with E-state index >= 15 is 0 Å². The lowest BCUT2D eigenvalue weighted by atomic mass is 10.1. The number of hydrogen-bond donors (Lipinski definition) is 0. The summed E-state index contributed by atoms with van der Waals surface area (Å²) in [5, 5.41) is 0. The third-order valence-electron chi connectivity index (χ3n) is 4.22. The predicted octanol–water partition coefficient (Wildman–Crippen LogP) is 1.96. The van der Waals surface area contributed by atoms with E-state index in [1.165, 1.54) is 4.31 Å². The van der Waals surface area contributed by atoms with Gasteiger partial charge in [-0.1, -0.05) is 13.8 Å². The monoisotopic (exact) mass is 354 g/mol. The molecule has 1 aliphatic rings. The molecular formula is C17H26N2O4S. The van der Waals surface area contributed by atoms with Crippen molar-refractivity contribution in [2.45, 2.75) is 31.6 Å². The van der Waals surface area contributed by atoms with Gasteiger partial charge in [-0.3, -0.25) is 4.79 Å². The number of carbonyl (C=O) groups excluding carboxylic acids is 1. The van der Waals surface area contributed by atoms with Gasteiger partial charge in [-0.2, -0.15) is 4.31 Å². The quantitative estimate of drug-likeness (QED) is 0.783. The Morgan fingerprint density at radius 3 is 2.21 bits per heavy atom. The minimum atomic E-state index is -3.52. The maximum Gasteiger partial charge on any atom is 0.243 e. The molecule has 0 atom stereocenters. The Labute approximate surface area is 144 Å². The molecule has 1 fully saturated rings. The number of methoxy groups -OCH3 is 1. The number of hydrogen-bond acceptors (Lipinski definition) is 4. The van der Waals surface area contributed by atoms with Crippen LogP contribution in [0.15, 0.2) is 29.2 Å². The molecule has 0 radical (unpaired) electrons. The van der Waals surface area contributed by atoms with Crippen molar-refractivity contribution < 1.29 is 17.9 Å². The molecule has 0 spiro atoms. The minimum absolute atomic E-state index is 0.116. The van der Waals surface area contributed by atoms with Gasteiger partial charge in [-0.15, -0.1) is 0 Å². The van der Waals surface area contributed by atoms with E-state index in [1.54, 1.807) is 36.3 Å². The van der Waals surface area contributed by atoms with Crippen LogP contribution in [-0.2, 0) is 14.8 Å². The number of amides is 1. The van der Waals surface area contributed by atoms with Crippen LogP contribution in [0, 0.1) is 5.92 Å². The van der Waals surface area contributed by atoms with E-state index in [2.05, 4.69) is 13.8 Å². The molecule has 7 heteroatoms. The lowest BCUT2D eigenvalue weighted by Crippen LogP contribution is -2.50. The molecule has 1 aliphatic heterocycles. The van der Waals surface area contributed by atoms with E-state index in [9.17, 15) is 13.2 Å². The lowest BCUT2D eigenvalue weighted by Gasteiger charge is -2.34. The zero-order valence-electron chi connectivity index (χ0n) is 14.6. The molecule has 6 nitrogen and oxygen atoms in total. The molecular weight excluding hydrogens is 328 g/mol. The van der Waals surface area contributed by atoms with Gasteiger partial charge in [0.05, 0.1) is 12.0 Å². The fraction of sp³-hybridized carbons (Fsp3) is 0.588. The maximum absolute atomic E-state index is 12.7. The Bertz CT molecular complexity index is 648. The van der Waals surface area contributed by atoms with Crippen LogP contribution in [0.5, 0.6) is 5.75 Å². The van der Waals surface area contributed by atoms with Crippen molar-refractivity contribution in [3.05, 3.63) is 24.3 Å². The number of sulfonamides is 1. The van der Waals surface area contributed by atoms with Crippen molar-refractivity contribution in [1.29, 1.82) is 0 Å². The summed E-state index contributed by atoms with van der Waals surface area (Å²) in [6, 6.07) is 6.37. The highest BCUT2D eigenvalue weighted by molar-refractivity contribution is 7.89. The molecule has 1 aromatic carbocycles. The zero-order chi connectivity index (χ0) is 17.7. The van der Waals surface area contributed by atoms with E-state index in [-0.39, 0.29) is 10.8 Å². The lowest BCUT2D eigenvalue weighted by molar-refractivity contribution is -0.132. The Morgan fingerprint density at radius 1 is 1.12 bits per heavy atom. The standard InChI is InChI=1S/C17H26N2O4S/c1-14(2)4-9-17(20)18-10-12-19(13-11-18)24(21,22)16-7-5-15(23-3)6-8-16/h5-8,14H,4,9-13H2,1-3H3. The molecule has 0 aromatic heterocycles. The highest BCUT2D eigenvalue weighted by Gasteiger charge is 2.29. The Balaban J connectivity index is 1.96. The molecule has 0 unspecified atom stereocenters. The van der Waals surface area contributed by atoms with E-state index in [4.69, 9.17) is 4.74 Å². The first kappa shape index (κ1) is 18.7. The number of ether oxygens (including phenoxy) is 1. The fourth-order valence-corrected chi connectivity index (χ4v) is 4.07. The van der Waals surface area contributed by atoms with Crippen molar-refractivity contribution in [1.82, 2.24) is 9.21 Å². The van der Waals surface area contributed by atoms with Gasteiger partial charge in [0.25, 0.3) is 0 Å². The average molecular weight is 354 g/mol. The minimum Gasteiger partial charge on any atom is -0.497 e. The molecule has 1 heterocycles. The molecule has 134 valence electrons. The van der Waals surface area contributed by atoms with Crippen molar-refractivity contribution in [2.24, 2.45) is 5.92 Å². The Kier molecular flexibility index (Phi) is 6.23. The number of nitrogens with zero attached hydrogens (tertiary/aromatic N) is 2. The second-order valence-electron chi connectivity index (χ2n) is 6.39. The van der Waals surface area contributed by atoms with Crippen LogP contribution in [0.3, 0.4) is 0 Å². The molecule has 0 saturated carbocycles. The first-order valence-corrected chi connectivity index (χ1v) is 9.70. The predicted molar refractivity (Wildman–Crippen MR) is 92.4 cm³/mol. The third-order valence-corrected chi connectivity index (χ3v) is 6.14. The summed E-state index contributed by atoms with van der Waals surface area (Å²) in [6.45, 7) is 5.75. The van der Waals surface area contributed by atoms with Crippen LogP contribution in [0.25, 0.3) is 0 Å². The average Bonchev–Trinajstić information content (AvgIpc) is 2.59. The fourth-order valence-electron chi connectivity index (χ4n) is 2.64. The van der Waals surface area contributed by atoms with Gasteiger partial charge in [0, 0.05) is 32.6 Å². The first-order chi connectivity index (χ1) is 11.3. The number of piperazine rings is 1. The summed E-state index contributed by atoms with van der Waals surface area (Å²) in [6.07, 6.45) is 1.39. The van der Waals surface area contributed by atoms with E-state index < -0.39 is 10.0 Å². The Morgan fingerprint density at radius 2 is 1.71 bits per heavy atom. The summed E-state index contributed by atoms with van der Waals surface area (Å²) < 4.78 is 31.8. The highest BCUT2D eigenvalue weighted by Crippen LogP contribution is 2.21. The molecule has 0 aliphatic carbocycles. The Hall–Kier alpha value is -1.60. The smallest absolute Gasteiger partial charge is 0.243 e. The van der Waals surface area contributed by atoms with Crippen molar-refractivity contribution >= 4 is 15.9 Å². The number of rotatable bonds is 6. The third kappa shape index (κ3) is 4.48. The van der Waals surface area contributed by atoms with E-state index in [0.717, 1.165) is 6.42 Å². The van der Waals surface area contributed by atoms with Gasteiger partial charge in [-0.25, -0.2) is 8.42 Å². The van der Waals surface area contributed by atoms with Crippen LogP contribution in [0.1, 0.15) is 26.7 Å². The van der Waals surface area contributed by atoms with Gasteiger partial charge in [0.15, 0.2) is 0 Å². The summed E-state index contributed by atoms with van der Waals surface area (Å²) in [7, 11) is -1.98. The molecule has 24 heavy (non-hydrogen) atoms. The topological polar surface area (TPSA) is 66.9 Å². The number of carbonyl (C=O) groups is 1. The summed E-state index contributed by atoms with van der Waals surface area (Å²) in [5.74, 6) is 1.23. The summed E-state index contributed by atoms with van der Waals surface area (Å²) in [4.78, 5) is 14.2. The molecule has 1 saturated heterocycles. The van der Waals surface area contributed by atoms with Crippen LogP contribution < -0.4 is 4.74 Å². The van der Waals surface area contributed by atoms with Gasteiger partial charge < -0.3 is 9.64 Å². The van der Waals surface area contributed by atoms with Gasteiger partial charge in [0.2, 0.25) is 15.9 Å². The van der Waals surface area contributed by atoms with E-state index in [1.807, 2.05) is 0 Å². The second-order valence-corrected chi connectivity index (χ2v) is 8.33. The van der Waals surface area contributed by atoms with Crippen LogP contribution in [-0.4, -0.2) is 56.8 Å². The number of benzene rings is 1. The van der Waals surface area contributed by atoms with Crippen LogP contribution in [0.2, 0.25) is 0 Å².